The summed E-state index contributed by atoms with van der Waals surface area (Å²) in [4.78, 5) is 5.14. The van der Waals surface area contributed by atoms with Gasteiger partial charge in [-0.05, 0) is 13.8 Å². The highest BCUT2D eigenvalue weighted by Gasteiger charge is 2.00. The van der Waals surface area contributed by atoms with Gasteiger partial charge in [-0.2, -0.15) is 10.6 Å². The number of hydroxylamine groups is 1. The highest BCUT2D eigenvalue weighted by Crippen LogP contribution is 2.04. The average Bonchev–Trinajstić information content (AvgIpc) is 2.66. The predicted octanol–water partition coefficient (Wildman–Crippen LogP) is 1.13. The monoisotopic (exact) mass is 213 g/mol. The maximum atomic E-state index is 5.14. The van der Waals surface area contributed by atoms with Gasteiger partial charge in [-0.25, -0.2) is 0 Å². The Kier molecular flexibility index (Phi) is 5.31. The van der Waals surface area contributed by atoms with E-state index in [1.165, 1.54) is 0 Å². The fraction of sp³-hybridized carbons (Fsp3) is 0.700. The van der Waals surface area contributed by atoms with Crippen molar-refractivity contribution in [2.75, 3.05) is 20.3 Å². The highest BCUT2D eigenvalue weighted by molar-refractivity contribution is 5.03. The smallest absolute Gasteiger partial charge is 0.0916 e. The number of hydrogen-bond acceptors (Lipinski definition) is 4. The number of aromatic nitrogens is 2. The molecule has 0 saturated heterocycles. The van der Waals surface area contributed by atoms with Crippen molar-refractivity contribution in [2.24, 2.45) is 0 Å². The molecule has 86 valence electrons. The summed E-state index contributed by atoms with van der Waals surface area (Å²) in [7, 11) is 1.65. The molecule has 0 spiro atoms. The normalized spacial score (nSPS) is 11.2. The van der Waals surface area contributed by atoms with Crippen molar-refractivity contribution in [1.82, 2.24) is 15.3 Å². The lowest BCUT2D eigenvalue weighted by Crippen LogP contribution is -2.16. The third-order valence-corrected chi connectivity index (χ3v) is 1.95. The Morgan fingerprint density at radius 2 is 2.27 bits per heavy atom. The Morgan fingerprint density at radius 3 is 2.87 bits per heavy atom. The van der Waals surface area contributed by atoms with E-state index in [2.05, 4.69) is 24.4 Å². The van der Waals surface area contributed by atoms with Gasteiger partial charge < -0.3 is 4.74 Å². The summed E-state index contributed by atoms with van der Waals surface area (Å²) in [6.07, 6.45) is 3.85. The molecular formula is C10H19N3O2. The largest absolute Gasteiger partial charge is 0.382 e. The maximum Gasteiger partial charge on any atom is 0.0916 e. The minimum atomic E-state index is 0.396. The first kappa shape index (κ1) is 12.2. The topological polar surface area (TPSA) is 48.3 Å². The van der Waals surface area contributed by atoms with Crippen LogP contribution in [-0.2, 0) is 16.1 Å². The quantitative estimate of drug-likeness (QED) is 0.545. The molecule has 1 aromatic rings. The van der Waals surface area contributed by atoms with E-state index in [4.69, 9.17) is 9.57 Å². The second-order valence-corrected chi connectivity index (χ2v) is 3.58. The summed E-state index contributed by atoms with van der Waals surface area (Å²) in [5.41, 5.74) is 3.97. The van der Waals surface area contributed by atoms with Gasteiger partial charge in [0.15, 0.2) is 0 Å². The van der Waals surface area contributed by atoms with E-state index in [1.54, 1.807) is 7.11 Å². The maximum absolute atomic E-state index is 5.14. The van der Waals surface area contributed by atoms with Gasteiger partial charge in [0.1, 0.15) is 0 Å². The molecular weight excluding hydrogens is 194 g/mol. The number of rotatable bonds is 7. The standard InChI is InChI=1S/C10H19N3O2/c1-9(2)13-8-10(6-11-13)7-12-15-5-4-14-3/h6,8-9,12H,4-5,7H2,1-3H3. The number of nitrogens with zero attached hydrogens (tertiary/aromatic N) is 2. The molecule has 0 aliphatic heterocycles. The molecule has 5 heteroatoms. The van der Waals surface area contributed by atoms with E-state index in [0.29, 0.717) is 25.8 Å². The third-order valence-electron chi connectivity index (χ3n) is 1.95. The lowest BCUT2D eigenvalue weighted by atomic mass is 10.3. The molecule has 15 heavy (non-hydrogen) atoms. The summed E-state index contributed by atoms with van der Waals surface area (Å²) in [5.74, 6) is 0. The van der Waals surface area contributed by atoms with Crippen molar-refractivity contribution in [1.29, 1.82) is 0 Å². The zero-order valence-corrected chi connectivity index (χ0v) is 9.56. The van der Waals surface area contributed by atoms with Crippen LogP contribution < -0.4 is 5.48 Å². The van der Waals surface area contributed by atoms with Gasteiger partial charge >= 0.3 is 0 Å². The van der Waals surface area contributed by atoms with Crippen LogP contribution in [0.1, 0.15) is 25.5 Å². The molecule has 0 bridgehead atoms. The van der Waals surface area contributed by atoms with E-state index in [0.717, 1.165) is 5.56 Å². The third kappa shape index (κ3) is 4.42. The molecule has 0 amide bonds. The van der Waals surface area contributed by atoms with Gasteiger partial charge in [0.2, 0.25) is 0 Å². The minimum Gasteiger partial charge on any atom is -0.382 e. The van der Waals surface area contributed by atoms with Gasteiger partial charge in [-0.15, -0.1) is 0 Å². The molecule has 0 fully saturated rings. The number of ether oxygens (including phenoxy) is 1. The van der Waals surface area contributed by atoms with Gasteiger partial charge in [-0.3, -0.25) is 9.52 Å². The summed E-state index contributed by atoms with van der Waals surface area (Å²) in [6, 6.07) is 0.396. The molecule has 0 aliphatic carbocycles. The van der Waals surface area contributed by atoms with Crippen molar-refractivity contribution in [2.45, 2.75) is 26.4 Å². The van der Waals surface area contributed by atoms with Crippen LogP contribution in [0.25, 0.3) is 0 Å². The number of methoxy groups -OCH3 is 1. The van der Waals surface area contributed by atoms with Crippen LogP contribution in [-0.4, -0.2) is 30.1 Å². The summed E-state index contributed by atoms with van der Waals surface area (Å²) >= 11 is 0. The van der Waals surface area contributed by atoms with Gasteiger partial charge in [0, 0.05) is 31.5 Å². The molecule has 0 aliphatic rings. The Labute approximate surface area is 90.3 Å². The first-order valence-corrected chi connectivity index (χ1v) is 5.10. The molecule has 0 unspecified atom stereocenters. The fourth-order valence-corrected chi connectivity index (χ4v) is 1.08. The molecule has 0 radical (unpaired) electrons. The van der Waals surface area contributed by atoms with Crippen LogP contribution >= 0.6 is 0 Å². The van der Waals surface area contributed by atoms with Crippen LogP contribution in [0, 0.1) is 0 Å². The molecule has 1 N–H and O–H groups in total. The van der Waals surface area contributed by atoms with Gasteiger partial charge in [-0.1, -0.05) is 0 Å². The van der Waals surface area contributed by atoms with E-state index >= 15 is 0 Å². The SMILES string of the molecule is COCCONCc1cnn(C(C)C)c1. The average molecular weight is 213 g/mol. The second kappa shape index (κ2) is 6.55. The van der Waals surface area contributed by atoms with Gasteiger partial charge in [0.25, 0.3) is 0 Å². The van der Waals surface area contributed by atoms with Crippen LogP contribution in [0.2, 0.25) is 0 Å². The summed E-state index contributed by atoms with van der Waals surface area (Å²) < 4.78 is 6.77. The Hall–Kier alpha value is -0.910. The zero-order chi connectivity index (χ0) is 11.1. The number of nitrogens with one attached hydrogen (secondary N) is 1. The van der Waals surface area contributed by atoms with Crippen LogP contribution in [0.5, 0.6) is 0 Å². The van der Waals surface area contributed by atoms with Crippen molar-refractivity contribution < 1.29 is 9.57 Å². The van der Waals surface area contributed by atoms with E-state index in [9.17, 15) is 0 Å². The van der Waals surface area contributed by atoms with Crippen LogP contribution in [0.15, 0.2) is 12.4 Å². The summed E-state index contributed by atoms with van der Waals surface area (Å²) in [6.45, 7) is 6.00. The molecule has 0 saturated carbocycles. The molecule has 5 nitrogen and oxygen atoms in total. The molecule has 1 rings (SSSR count). The molecule has 0 aromatic carbocycles. The zero-order valence-electron chi connectivity index (χ0n) is 9.56. The molecule has 0 atom stereocenters. The summed E-state index contributed by atoms with van der Waals surface area (Å²) in [5, 5.41) is 4.23. The Morgan fingerprint density at radius 1 is 1.47 bits per heavy atom. The van der Waals surface area contributed by atoms with Crippen LogP contribution in [0.4, 0.5) is 0 Å². The minimum absolute atomic E-state index is 0.396. The van der Waals surface area contributed by atoms with Crippen molar-refractivity contribution in [3.05, 3.63) is 18.0 Å². The van der Waals surface area contributed by atoms with Gasteiger partial charge in [0.05, 0.1) is 19.4 Å². The first-order chi connectivity index (χ1) is 7.24. The Bertz CT molecular complexity index is 273. The molecule has 1 heterocycles. The van der Waals surface area contributed by atoms with Crippen molar-refractivity contribution >= 4 is 0 Å². The van der Waals surface area contributed by atoms with E-state index in [1.807, 2.05) is 17.1 Å². The Balaban J connectivity index is 2.20. The lowest BCUT2D eigenvalue weighted by molar-refractivity contribution is 0.00345. The lowest BCUT2D eigenvalue weighted by Gasteiger charge is -2.04. The highest BCUT2D eigenvalue weighted by atomic mass is 16.7. The predicted molar refractivity (Wildman–Crippen MR) is 57.3 cm³/mol. The number of hydrogen-bond donors (Lipinski definition) is 1. The second-order valence-electron chi connectivity index (χ2n) is 3.58. The van der Waals surface area contributed by atoms with E-state index in [-0.39, 0.29) is 0 Å². The fourth-order valence-electron chi connectivity index (χ4n) is 1.08. The molecule has 1 aromatic heterocycles. The van der Waals surface area contributed by atoms with Crippen LogP contribution in [0.3, 0.4) is 0 Å². The van der Waals surface area contributed by atoms with E-state index < -0.39 is 0 Å². The van der Waals surface area contributed by atoms with Crippen molar-refractivity contribution in [3.63, 3.8) is 0 Å². The van der Waals surface area contributed by atoms with Crippen molar-refractivity contribution in [3.8, 4) is 0 Å². The first-order valence-electron chi connectivity index (χ1n) is 5.10.